The Bertz CT molecular complexity index is 329. The highest BCUT2D eigenvalue weighted by atomic mass is 16.1. The second kappa shape index (κ2) is 8.88. The fraction of sp³-hybridized carbons (Fsp3) is 0.944. The standard InChI is InChI=1S/C18H35N3O/c1-15-11-16(2)14-21(13-15)8-4-7-19-18(22)12-17-5-9-20(3)10-6-17/h15-17H,4-14H2,1-3H3,(H,19,22). The van der Waals surface area contributed by atoms with Crippen LogP contribution in [0.15, 0.2) is 0 Å². The lowest BCUT2D eigenvalue weighted by Crippen LogP contribution is -2.40. The molecule has 22 heavy (non-hydrogen) atoms. The predicted octanol–water partition coefficient (Wildman–Crippen LogP) is 2.20. The van der Waals surface area contributed by atoms with Crippen molar-refractivity contribution in [3.8, 4) is 0 Å². The van der Waals surface area contributed by atoms with E-state index in [9.17, 15) is 4.79 Å². The van der Waals surface area contributed by atoms with E-state index >= 15 is 0 Å². The molecular weight excluding hydrogens is 274 g/mol. The maximum Gasteiger partial charge on any atom is 0.220 e. The molecule has 0 saturated carbocycles. The minimum atomic E-state index is 0.259. The van der Waals surface area contributed by atoms with Crippen molar-refractivity contribution in [1.29, 1.82) is 0 Å². The monoisotopic (exact) mass is 309 g/mol. The van der Waals surface area contributed by atoms with Gasteiger partial charge in [-0.2, -0.15) is 0 Å². The first-order valence-corrected chi connectivity index (χ1v) is 9.20. The Morgan fingerprint density at radius 2 is 1.77 bits per heavy atom. The van der Waals surface area contributed by atoms with E-state index in [0.717, 1.165) is 50.9 Å². The van der Waals surface area contributed by atoms with Gasteiger partial charge in [0.15, 0.2) is 0 Å². The van der Waals surface area contributed by atoms with Crippen molar-refractivity contribution in [2.75, 3.05) is 46.3 Å². The van der Waals surface area contributed by atoms with Crippen molar-refractivity contribution in [3.63, 3.8) is 0 Å². The molecule has 0 aromatic rings. The van der Waals surface area contributed by atoms with Crippen molar-refractivity contribution >= 4 is 5.91 Å². The normalized spacial score (nSPS) is 28.7. The topological polar surface area (TPSA) is 35.6 Å². The Kier molecular flexibility index (Phi) is 7.16. The number of rotatable bonds is 6. The summed E-state index contributed by atoms with van der Waals surface area (Å²) in [5, 5.41) is 3.12. The maximum absolute atomic E-state index is 12.0. The summed E-state index contributed by atoms with van der Waals surface area (Å²) in [4.78, 5) is 16.9. The van der Waals surface area contributed by atoms with E-state index in [1.165, 1.54) is 32.4 Å². The summed E-state index contributed by atoms with van der Waals surface area (Å²) in [7, 11) is 2.17. The molecule has 2 aliphatic heterocycles. The SMILES string of the molecule is CC1CC(C)CN(CCCNC(=O)CC2CCN(C)CC2)C1. The highest BCUT2D eigenvalue weighted by molar-refractivity contribution is 5.76. The molecule has 0 bridgehead atoms. The summed E-state index contributed by atoms with van der Waals surface area (Å²) >= 11 is 0. The first kappa shape index (κ1) is 17.7. The predicted molar refractivity (Wildman–Crippen MR) is 91.8 cm³/mol. The quantitative estimate of drug-likeness (QED) is 0.764. The second-order valence-corrected chi connectivity index (χ2v) is 7.86. The van der Waals surface area contributed by atoms with Crippen LogP contribution in [-0.2, 0) is 4.79 Å². The van der Waals surface area contributed by atoms with Gasteiger partial charge in [0, 0.05) is 26.1 Å². The molecule has 2 saturated heterocycles. The fourth-order valence-electron chi connectivity index (χ4n) is 4.11. The average Bonchev–Trinajstić information content (AvgIpc) is 2.45. The van der Waals surface area contributed by atoms with Gasteiger partial charge in [0.1, 0.15) is 0 Å². The van der Waals surface area contributed by atoms with Crippen molar-refractivity contribution in [2.24, 2.45) is 17.8 Å². The Morgan fingerprint density at radius 1 is 1.14 bits per heavy atom. The molecule has 2 fully saturated rings. The highest BCUT2D eigenvalue weighted by Crippen LogP contribution is 2.21. The molecule has 4 heteroatoms. The Morgan fingerprint density at radius 3 is 2.41 bits per heavy atom. The van der Waals surface area contributed by atoms with Crippen LogP contribution in [0.5, 0.6) is 0 Å². The van der Waals surface area contributed by atoms with E-state index in [4.69, 9.17) is 0 Å². The van der Waals surface area contributed by atoms with Crippen molar-refractivity contribution in [3.05, 3.63) is 0 Å². The zero-order chi connectivity index (χ0) is 15.9. The molecule has 2 heterocycles. The van der Waals surface area contributed by atoms with E-state index < -0.39 is 0 Å². The van der Waals surface area contributed by atoms with Crippen LogP contribution in [0.2, 0.25) is 0 Å². The Balaban J connectivity index is 1.53. The van der Waals surface area contributed by atoms with Crippen LogP contribution in [0, 0.1) is 17.8 Å². The Hall–Kier alpha value is -0.610. The highest BCUT2D eigenvalue weighted by Gasteiger charge is 2.21. The number of hydrogen-bond acceptors (Lipinski definition) is 3. The van der Waals surface area contributed by atoms with Gasteiger partial charge in [0.2, 0.25) is 5.91 Å². The molecule has 2 atom stereocenters. The van der Waals surface area contributed by atoms with Gasteiger partial charge in [-0.05, 0) is 70.1 Å². The van der Waals surface area contributed by atoms with Gasteiger partial charge in [0.25, 0.3) is 0 Å². The molecular formula is C18H35N3O. The number of likely N-dealkylation sites (tertiary alicyclic amines) is 2. The minimum Gasteiger partial charge on any atom is -0.356 e. The fourth-order valence-corrected chi connectivity index (χ4v) is 4.11. The molecule has 0 aromatic heterocycles. The van der Waals surface area contributed by atoms with E-state index in [-0.39, 0.29) is 5.91 Å². The third kappa shape index (κ3) is 6.25. The third-order valence-electron chi connectivity index (χ3n) is 5.23. The third-order valence-corrected chi connectivity index (χ3v) is 5.23. The van der Waals surface area contributed by atoms with Crippen molar-refractivity contribution in [1.82, 2.24) is 15.1 Å². The summed E-state index contributed by atoms with van der Waals surface area (Å²) in [5.41, 5.74) is 0. The van der Waals surface area contributed by atoms with Crippen LogP contribution in [0.25, 0.3) is 0 Å². The van der Waals surface area contributed by atoms with Crippen molar-refractivity contribution < 1.29 is 4.79 Å². The van der Waals surface area contributed by atoms with Gasteiger partial charge in [-0.3, -0.25) is 4.79 Å². The van der Waals surface area contributed by atoms with Crippen LogP contribution in [0.4, 0.5) is 0 Å². The summed E-state index contributed by atoms with van der Waals surface area (Å²) < 4.78 is 0. The second-order valence-electron chi connectivity index (χ2n) is 7.86. The first-order chi connectivity index (χ1) is 10.5. The number of amides is 1. The van der Waals surface area contributed by atoms with E-state index in [2.05, 4.69) is 36.0 Å². The molecule has 2 unspecified atom stereocenters. The lowest BCUT2D eigenvalue weighted by atomic mass is 9.92. The van der Waals surface area contributed by atoms with Gasteiger partial charge < -0.3 is 15.1 Å². The zero-order valence-electron chi connectivity index (χ0n) is 14.8. The van der Waals surface area contributed by atoms with Crippen LogP contribution in [-0.4, -0.2) is 62.0 Å². The van der Waals surface area contributed by atoms with E-state index in [1.807, 2.05) is 0 Å². The molecule has 4 nitrogen and oxygen atoms in total. The number of hydrogen-bond donors (Lipinski definition) is 1. The number of carbonyl (C=O) groups excluding carboxylic acids is 1. The van der Waals surface area contributed by atoms with Gasteiger partial charge >= 0.3 is 0 Å². The summed E-state index contributed by atoms with van der Waals surface area (Å²) in [5.74, 6) is 2.50. The van der Waals surface area contributed by atoms with E-state index in [1.54, 1.807) is 0 Å². The number of carbonyl (C=O) groups is 1. The molecule has 0 aromatic carbocycles. The molecule has 1 N–H and O–H groups in total. The molecule has 0 radical (unpaired) electrons. The van der Waals surface area contributed by atoms with Crippen LogP contribution in [0.1, 0.15) is 46.0 Å². The molecule has 2 rings (SSSR count). The number of nitrogens with zero attached hydrogens (tertiary/aromatic N) is 2. The lowest BCUT2D eigenvalue weighted by molar-refractivity contribution is -0.122. The molecule has 2 aliphatic rings. The smallest absolute Gasteiger partial charge is 0.220 e. The summed E-state index contributed by atoms with van der Waals surface area (Å²) in [6.45, 7) is 11.4. The lowest BCUT2D eigenvalue weighted by Gasteiger charge is -2.35. The van der Waals surface area contributed by atoms with Gasteiger partial charge in [-0.15, -0.1) is 0 Å². The molecule has 1 amide bonds. The summed E-state index contributed by atoms with van der Waals surface area (Å²) in [6.07, 6.45) is 5.52. The van der Waals surface area contributed by atoms with E-state index in [0.29, 0.717) is 5.92 Å². The van der Waals surface area contributed by atoms with Gasteiger partial charge in [-0.1, -0.05) is 13.8 Å². The van der Waals surface area contributed by atoms with Crippen LogP contribution >= 0.6 is 0 Å². The van der Waals surface area contributed by atoms with Gasteiger partial charge in [-0.25, -0.2) is 0 Å². The number of nitrogens with one attached hydrogen (secondary N) is 1. The first-order valence-electron chi connectivity index (χ1n) is 9.20. The molecule has 128 valence electrons. The summed E-state index contributed by atoms with van der Waals surface area (Å²) in [6, 6.07) is 0. The number of piperidine rings is 2. The molecule has 0 spiro atoms. The Labute approximate surface area is 136 Å². The van der Waals surface area contributed by atoms with Gasteiger partial charge in [0.05, 0.1) is 0 Å². The van der Waals surface area contributed by atoms with Crippen LogP contribution < -0.4 is 5.32 Å². The molecule has 0 aliphatic carbocycles. The maximum atomic E-state index is 12.0. The van der Waals surface area contributed by atoms with Crippen molar-refractivity contribution in [2.45, 2.75) is 46.0 Å². The zero-order valence-corrected chi connectivity index (χ0v) is 14.8. The van der Waals surface area contributed by atoms with Crippen LogP contribution in [0.3, 0.4) is 0 Å². The minimum absolute atomic E-state index is 0.259. The largest absolute Gasteiger partial charge is 0.356 e. The average molecular weight is 309 g/mol.